The minimum atomic E-state index is -0.583. The fourth-order valence-corrected chi connectivity index (χ4v) is 2.87. The number of benzene rings is 1. The number of rotatable bonds is 5. The highest BCUT2D eigenvalue weighted by Crippen LogP contribution is 2.20. The van der Waals surface area contributed by atoms with E-state index in [0.717, 1.165) is 11.1 Å². The average Bonchev–Trinajstić information content (AvgIpc) is 2.64. The third-order valence-electron chi connectivity index (χ3n) is 4.36. The van der Waals surface area contributed by atoms with Crippen molar-refractivity contribution in [2.24, 2.45) is 5.92 Å². The number of nitrogens with zero attached hydrogens (tertiary/aromatic N) is 1. The third-order valence-corrected chi connectivity index (χ3v) is 4.36. The van der Waals surface area contributed by atoms with Crippen molar-refractivity contribution in [3.8, 4) is 0 Å². The van der Waals surface area contributed by atoms with Crippen molar-refractivity contribution >= 4 is 18.0 Å². The lowest BCUT2D eigenvalue weighted by Crippen LogP contribution is -2.45. The van der Waals surface area contributed by atoms with Crippen molar-refractivity contribution in [1.29, 1.82) is 0 Å². The van der Waals surface area contributed by atoms with Gasteiger partial charge in [0.25, 0.3) is 5.91 Å². The van der Waals surface area contributed by atoms with Crippen molar-refractivity contribution < 1.29 is 23.9 Å². The fraction of sp³-hybridized carbons (Fsp3) is 0.571. The van der Waals surface area contributed by atoms with Crippen LogP contribution in [0.2, 0.25) is 0 Å². The van der Waals surface area contributed by atoms with E-state index in [1.807, 2.05) is 31.2 Å². The van der Waals surface area contributed by atoms with E-state index in [9.17, 15) is 14.4 Å². The quantitative estimate of drug-likeness (QED) is 0.782. The highest BCUT2D eigenvalue weighted by atomic mass is 16.6. The molecule has 1 N–H and O–H groups in total. The first-order chi connectivity index (χ1) is 13.1. The van der Waals surface area contributed by atoms with E-state index < -0.39 is 23.6 Å². The summed E-state index contributed by atoms with van der Waals surface area (Å²) in [5.74, 6) is -1.25. The maximum Gasteiger partial charge on any atom is 0.410 e. The van der Waals surface area contributed by atoms with Gasteiger partial charge < -0.3 is 19.7 Å². The summed E-state index contributed by atoms with van der Waals surface area (Å²) >= 11 is 0. The molecule has 28 heavy (non-hydrogen) atoms. The van der Waals surface area contributed by atoms with Crippen molar-refractivity contribution in [3.63, 3.8) is 0 Å². The molecule has 2 amide bonds. The highest BCUT2D eigenvalue weighted by molar-refractivity contribution is 5.81. The molecular formula is C21H30N2O5. The Hall–Kier alpha value is -2.57. The normalized spacial score (nSPS) is 17.0. The van der Waals surface area contributed by atoms with E-state index in [1.54, 1.807) is 20.8 Å². The van der Waals surface area contributed by atoms with Crippen LogP contribution < -0.4 is 5.32 Å². The number of amides is 2. The summed E-state index contributed by atoms with van der Waals surface area (Å²) < 4.78 is 10.5. The molecule has 0 spiro atoms. The fourth-order valence-electron chi connectivity index (χ4n) is 2.87. The monoisotopic (exact) mass is 390 g/mol. The van der Waals surface area contributed by atoms with Crippen molar-refractivity contribution in [2.75, 3.05) is 19.7 Å². The van der Waals surface area contributed by atoms with Gasteiger partial charge >= 0.3 is 12.1 Å². The molecule has 1 saturated heterocycles. The second-order valence-electron chi connectivity index (χ2n) is 8.14. The second kappa shape index (κ2) is 9.57. The number of hydrogen-bond donors (Lipinski definition) is 1. The smallest absolute Gasteiger partial charge is 0.410 e. The molecule has 7 heteroatoms. The van der Waals surface area contributed by atoms with Crippen molar-refractivity contribution in [1.82, 2.24) is 10.2 Å². The van der Waals surface area contributed by atoms with E-state index in [4.69, 9.17) is 9.47 Å². The summed E-state index contributed by atoms with van der Waals surface area (Å²) in [6.45, 7) is 8.26. The van der Waals surface area contributed by atoms with Crippen LogP contribution in [0, 0.1) is 12.8 Å². The Morgan fingerprint density at radius 1 is 1.18 bits per heavy atom. The molecule has 0 saturated carbocycles. The molecule has 1 unspecified atom stereocenters. The Balaban J connectivity index is 1.74. The van der Waals surface area contributed by atoms with Gasteiger partial charge in [-0.05, 0) is 46.1 Å². The number of piperidine rings is 1. The SMILES string of the molecule is Cc1ccc(CNC(=O)COC(=O)C2CCCN(C(=O)OC(C)(C)C)C2)cc1. The molecule has 154 valence electrons. The minimum Gasteiger partial charge on any atom is -0.455 e. The zero-order valence-corrected chi connectivity index (χ0v) is 17.1. The van der Waals surface area contributed by atoms with Crippen LogP contribution in [0.5, 0.6) is 0 Å². The van der Waals surface area contributed by atoms with Gasteiger partial charge in [0.1, 0.15) is 5.60 Å². The molecule has 1 aromatic rings. The predicted octanol–water partition coefficient (Wildman–Crippen LogP) is 2.80. The first kappa shape index (κ1) is 21.7. The van der Waals surface area contributed by atoms with E-state index in [-0.39, 0.29) is 19.1 Å². The van der Waals surface area contributed by atoms with Gasteiger partial charge in [0.05, 0.1) is 5.92 Å². The molecule has 1 fully saturated rings. The Bertz CT molecular complexity index is 694. The number of ether oxygens (including phenoxy) is 2. The summed E-state index contributed by atoms with van der Waals surface area (Å²) in [5.41, 5.74) is 1.54. The van der Waals surface area contributed by atoms with Crippen LogP contribution in [-0.2, 0) is 25.6 Å². The number of carbonyl (C=O) groups is 3. The van der Waals surface area contributed by atoms with Crippen LogP contribution in [0.25, 0.3) is 0 Å². The first-order valence-electron chi connectivity index (χ1n) is 9.61. The lowest BCUT2D eigenvalue weighted by Gasteiger charge is -2.33. The van der Waals surface area contributed by atoms with Gasteiger partial charge in [0.2, 0.25) is 0 Å². The Labute approximate surface area is 166 Å². The maximum atomic E-state index is 12.3. The van der Waals surface area contributed by atoms with Crippen LogP contribution >= 0.6 is 0 Å². The van der Waals surface area contributed by atoms with E-state index >= 15 is 0 Å². The summed E-state index contributed by atoms with van der Waals surface area (Å²) in [5, 5.41) is 2.73. The number of hydrogen-bond acceptors (Lipinski definition) is 5. The number of esters is 1. The average molecular weight is 390 g/mol. The predicted molar refractivity (Wildman–Crippen MR) is 105 cm³/mol. The van der Waals surface area contributed by atoms with Crippen LogP contribution in [-0.4, -0.2) is 48.2 Å². The zero-order chi connectivity index (χ0) is 20.7. The largest absolute Gasteiger partial charge is 0.455 e. The molecule has 0 radical (unpaired) electrons. The molecule has 0 bridgehead atoms. The van der Waals surface area contributed by atoms with Gasteiger partial charge in [-0.2, -0.15) is 0 Å². The minimum absolute atomic E-state index is 0.249. The lowest BCUT2D eigenvalue weighted by atomic mass is 9.98. The molecule has 1 aliphatic heterocycles. The van der Waals surface area contributed by atoms with Gasteiger partial charge in [-0.1, -0.05) is 29.8 Å². The topological polar surface area (TPSA) is 84.9 Å². The Kier molecular flexibility index (Phi) is 7.43. The molecular weight excluding hydrogens is 360 g/mol. The molecule has 1 atom stereocenters. The standard InChI is InChI=1S/C21H30N2O5/c1-15-7-9-16(10-8-15)12-22-18(24)14-27-19(25)17-6-5-11-23(13-17)20(26)28-21(2,3)4/h7-10,17H,5-6,11-14H2,1-4H3,(H,22,24). The maximum absolute atomic E-state index is 12.3. The van der Waals surface area contributed by atoms with Gasteiger partial charge in [-0.3, -0.25) is 9.59 Å². The Morgan fingerprint density at radius 3 is 2.50 bits per heavy atom. The summed E-state index contributed by atoms with van der Waals surface area (Å²) in [7, 11) is 0. The number of carbonyl (C=O) groups excluding carboxylic acids is 3. The number of aryl methyl sites for hydroxylation is 1. The van der Waals surface area contributed by atoms with Crippen LogP contribution in [0.3, 0.4) is 0 Å². The number of nitrogens with one attached hydrogen (secondary N) is 1. The van der Waals surface area contributed by atoms with Crippen LogP contribution in [0.4, 0.5) is 4.79 Å². The second-order valence-corrected chi connectivity index (χ2v) is 8.14. The van der Waals surface area contributed by atoms with Gasteiger partial charge in [0.15, 0.2) is 6.61 Å². The van der Waals surface area contributed by atoms with E-state index in [1.165, 1.54) is 4.90 Å². The van der Waals surface area contributed by atoms with Gasteiger partial charge in [0, 0.05) is 19.6 Å². The molecule has 1 aliphatic rings. The van der Waals surface area contributed by atoms with Crippen LogP contribution in [0.1, 0.15) is 44.7 Å². The van der Waals surface area contributed by atoms with Gasteiger partial charge in [-0.15, -0.1) is 0 Å². The zero-order valence-electron chi connectivity index (χ0n) is 17.1. The summed E-state index contributed by atoms with van der Waals surface area (Å²) in [6.07, 6.45) is 0.891. The highest BCUT2D eigenvalue weighted by Gasteiger charge is 2.32. The van der Waals surface area contributed by atoms with E-state index in [0.29, 0.717) is 25.9 Å². The lowest BCUT2D eigenvalue weighted by molar-refractivity contribution is -0.154. The summed E-state index contributed by atoms with van der Waals surface area (Å²) in [4.78, 5) is 37.9. The summed E-state index contributed by atoms with van der Waals surface area (Å²) in [6, 6.07) is 7.83. The van der Waals surface area contributed by atoms with Crippen LogP contribution in [0.15, 0.2) is 24.3 Å². The molecule has 1 aromatic carbocycles. The Morgan fingerprint density at radius 2 is 1.86 bits per heavy atom. The third kappa shape index (κ3) is 7.21. The molecule has 1 heterocycles. The first-order valence-corrected chi connectivity index (χ1v) is 9.61. The van der Waals surface area contributed by atoms with E-state index in [2.05, 4.69) is 5.32 Å². The molecule has 0 aromatic heterocycles. The van der Waals surface area contributed by atoms with Crippen molar-refractivity contribution in [3.05, 3.63) is 35.4 Å². The molecule has 0 aliphatic carbocycles. The van der Waals surface area contributed by atoms with Crippen molar-refractivity contribution in [2.45, 2.75) is 52.7 Å². The number of likely N-dealkylation sites (tertiary alicyclic amines) is 1. The molecule has 7 nitrogen and oxygen atoms in total. The molecule has 2 rings (SSSR count). The van der Waals surface area contributed by atoms with Gasteiger partial charge in [-0.25, -0.2) is 4.79 Å².